The summed E-state index contributed by atoms with van der Waals surface area (Å²) in [6.07, 6.45) is 2.75. The van der Waals surface area contributed by atoms with Gasteiger partial charge in [-0.05, 0) is 31.2 Å². The third-order valence-corrected chi connectivity index (χ3v) is 4.05. The highest BCUT2D eigenvalue weighted by atomic mass is 19.1. The van der Waals surface area contributed by atoms with E-state index >= 15 is 0 Å². The van der Waals surface area contributed by atoms with Crippen molar-refractivity contribution >= 4 is 17.5 Å². The molecule has 0 N–H and O–H groups in total. The summed E-state index contributed by atoms with van der Waals surface area (Å²) in [5.74, 6) is -1.36. The molecule has 2 aliphatic rings. The van der Waals surface area contributed by atoms with Crippen LogP contribution in [0, 0.1) is 11.2 Å². The van der Waals surface area contributed by atoms with Gasteiger partial charge in [0.05, 0.1) is 5.41 Å². The molecule has 1 aromatic carbocycles. The molecule has 4 nitrogen and oxygen atoms in total. The predicted octanol–water partition coefficient (Wildman–Crippen LogP) is 2.25. The van der Waals surface area contributed by atoms with Gasteiger partial charge in [0.1, 0.15) is 18.2 Å². The molecular formula is C16H13FO4. The van der Waals surface area contributed by atoms with Crippen molar-refractivity contribution in [1.29, 1.82) is 0 Å². The average Bonchev–Trinajstić information content (AvgIpc) is 2.95. The minimum Gasteiger partial charge on any atom is -0.465 e. The van der Waals surface area contributed by atoms with Crippen LogP contribution in [0.15, 0.2) is 43.0 Å². The molecule has 0 unspecified atom stereocenters. The molecule has 5 heteroatoms. The van der Waals surface area contributed by atoms with Gasteiger partial charge in [-0.1, -0.05) is 6.08 Å². The Kier molecular flexibility index (Phi) is 2.76. The van der Waals surface area contributed by atoms with E-state index in [9.17, 15) is 14.0 Å². The maximum Gasteiger partial charge on any atom is 0.359 e. The molecule has 2 aliphatic heterocycles. The van der Waals surface area contributed by atoms with Crippen LogP contribution in [0.3, 0.4) is 0 Å². The van der Waals surface area contributed by atoms with E-state index in [-0.39, 0.29) is 12.4 Å². The van der Waals surface area contributed by atoms with E-state index in [4.69, 9.17) is 9.47 Å². The van der Waals surface area contributed by atoms with Crippen LogP contribution in [-0.4, -0.2) is 24.0 Å². The van der Waals surface area contributed by atoms with Crippen LogP contribution in [0.4, 0.5) is 4.39 Å². The molecule has 1 saturated heterocycles. The Morgan fingerprint density at radius 2 is 1.95 bits per heavy atom. The van der Waals surface area contributed by atoms with E-state index in [0.29, 0.717) is 5.56 Å². The van der Waals surface area contributed by atoms with Crippen molar-refractivity contribution in [3.63, 3.8) is 0 Å². The van der Waals surface area contributed by atoms with Crippen molar-refractivity contribution in [3.05, 3.63) is 54.4 Å². The lowest BCUT2D eigenvalue weighted by molar-refractivity contribution is -0.158. The lowest BCUT2D eigenvalue weighted by atomic mass is 9.73. The molecule has 2 atom stereocenters. The number of cyclic esters (lactones) is 1. The number of hydrogen-bond donors (Lipinski definition) is 0. The number of benzene rings is 1. The van der Waals surface area contributed by atoms with E-state index in [2.05, 4.69) is 6.58 Å². The highest BCUT2D eigenvalue weighted by Crippen LogP contribution is 2.49. The fourth-order valence-electron chi connectivity index (χ4n) is 2.62. The van der Waals surface area contributed by atoms with E-state index in [0.717, 1.165) is 0 Å². The number of ether oxygens (including phenoxy) is 2. The third-order valence-electron chi connectivity index (χ3n) is 4.05. The molecule has 2 heterocycles. The molecule has 0 bridgehead atoms. The summed E-state index contributed by atoms with van der Waals surface area (Å²) in [6.45, 7) is 5.39. The fourth-order valence-corrected chi connectivity index (χ4v) is 2.62. The van der Waals surface area contributed by atoms with E-state index < -0.39 is 28.6 Å². The minimum absolute atomic E-state index is 0.0333. The normalized spacial score (nSPS) is 31.0. The summed E-state index contributed by atoms with van der Waals surface area (Å²) < 4.78 is 23.7. The highest BCUT2D eigenvalue weighted by Gasteiger charge is 2.68. The lowest BCUT2D eigenvalue weighted by Crippen LogP contribution is -2.52. The Balaban J connectivity index is 2.03. The van der Waals surface area contributed by atoms with Crippen LogP contribution < -0.4 is 0 Å². The van der Waals surface area contributed by atoms with Crippen LogP contribution in [-0.2, 0) is 19.1 Å². The van der Waals surface area contributed by atoms with Crippen molar-refractivity contribution in [2.45, 2.75) is 12.5 Å². The Morgan fingerprint density at radius 1 is 1.29 bits per heavy atom. The molecule has 1 aromatic rings. The molecule has 0 aliphatic carbocycles. The maximum absolute atomic E-state index is 13.0. The molecule has 0 saturated carbocycles. The summed E-state index contributed by atoms with van der Waals surface area (Å²) in [5, 5.41) is 0. The largest absolute Gasteiger partial charge is 0.465 e. The van der Waals surface area contributed by atoms with Crippen LogP contribution in [0.25, 0.3) is 5.76 Å². The molecule has 108 valence electrons. The first-order valence-corrected chi connectivity index (χ1v) is 6.45. The number of rotatable bonds is 2. The van der Waals surface area contributed by atoms with Gasteiger partial charge >= 0.3 is 5.97 Å². The van der Waals surface area contributed by atoms with E-state index in [1.54, 1.807) is 6.92 Å². The SMILES string of the molecule is C=C[C@]1(C)COC(=O)[C@]12OC(c1ccc(F)cc1)=CC2=O. The first-order chi connectivity index (χ1) is 9.93. The molecule has 1 fully saturated rings. The zero-order valence-corrected chi connectivity index (χ0v) is 11.4. The van der Waals surface area contributed by atoms with Gasteiger partial charge in [-0.3, -0.25) is 4.79 Å². The summed E-state index contributed by atoms with van der Waals surface area (Å²) in [6, 6.07) is 5.49. The number of hydrogen-bond acceptors (Lipinski definition) is 4. The Labute approximate surface area is 120 Å². The monoisotopic (exact) mass is 288 g/mol. The topological polar surface area (TPSA) is 52.6 Å². The minimum atomic E-state index is -1.72. The van der Waals surface area contributed by atoms with Crippen LogP contribution in [0.1, 0.15) is 12.5 Å². The number of esters is 1. The standard InChI is InChI=1S/C16H13FO4/c1-3-15(2)9-20-14(19)16(15)13(18)8-12(21-16)10-4-6-11(17)7-5-10/h3-8H,1,9H2,2H3/t15-,16+/m1/s1. The van der Waals surface area contributed by atoms with Crippen molar-refractivity contribution < 1.29 is 23.5 Å². The van der Waals surface area contributed by atoms with Gasteiger partial charge in [0.15, 0.2) is 0 Å². The number of ketones is 1. The molecule has 3 rings (SSSR count). The van der Waals surface area contributed by atoms with Crippen molar-refractivity contribution in [2.75, 3.05) is 6.61 Å². The smallest absolute Gasteiger partial charge is 0.359 e. The quantitative estimate of drug-likeness (QED) is 0.476. The predicted molar refractivity (Wildman–Crippen MR) is 72.5 cm³/mol. The third kappa shape index (κ3) is 1.67. The summed E-state index contributed by atoms with van der Waals surface area (Å²) in [5.41, 5.74) is -2.15. The zero-order chi connectivity index (χ0) is 15.3. The second kappa shape index (κ2) is 4.28. The van der Waals surface area contributed by atoms with Gasteiger partial charge in [0, 0.05) is 11.6 Å². The van der Waals surface area contributed by atoms with E-state index in [1.165, 1.54) is 36.4 Å². The summed E-state index contributed by atoms with van der Waals surface area (Å²) in [4.78, 5) is 24.5. The lowest BCUT2D eigenvalue weighted by Gasteiger charge is -2.31. The van der Waals surface area contributed by atoms with Crippen LogP contribution in [0.5, 0.6) is 0 Å². The van der Waals surface area contributed by atoms with Gasteiger partial charge in [0.2, 0.25) is 5.78 Å². The number of halogens is 1. The van der Waals surface area contributed by atoms with Gasteiger partial charge < -0.3 is 9.47 Å². The molecular weight excluding hydrogens is 275 g/mol. The zero-order valence-electron chi connectivity index (χ0n) is 11.4. The maximum atomic E-state index is 13.0. The molecule has 0 radical (unpaired) electrons. The van der Waals surface area contributed by atoms with Gasteiger partial charge in [0.25, 0.3) is 5.60 Å². The van der Waals surface area contributed by atoms with Gasteiger partial charge in [-0.15, -0.1) is 6.58 Å². The van der Waals surface area contributed by atoms with Gasteiger partial charge in [-0.2, -0.15) is 0 Å². The van der Waals surface area contributed by atoms with Gasteiger partial charge in [-0.25, -0.2) is 9.18 Å². The molecule has 1 spiro atoms. The summed E-state index contributed by atoms with van der Waals surface area (Å²) in [7, 11) is 0. The van der Waals surface area contributed by atoms with E-state index in [1.807, 2.05) is 0 Å². The van der Waals surface area contributed by atoms with Crippen molar-refractivity contribution in [1.82, 2.24) is 0 Å². The average molecular weight is 288 g/mol. The fraction of sp³-hybridized carbons (Fsp3) is 0.250. The summed E-state index contributed by atoms with van der Waals surface area (Å²) >= 11 is 0. The van der Waals surface area contributed by atoms with Crippen molar-refractivity contribution in [2.24, 2.45) is 5.41 Å². The first-order valence-electron chi connectivity index (χ1n) is 6.45. The molecule has 21 heavy (non-hydrogen) atoms. The second-order valence-corrected chi connectivity index (χ2v) is 5.36. The first kappa shape index (κ1) is 13.5. The molecule has 0 amide bonds. The highest BCUT2D eigenvalue weighted by molar-refractivity contribution is 6.19. The number of carbonyl (C=O) groups is 2. The Morgan fingerprint density at radius 3 is 2.57 bits per heavy atom. The van der Waals surface area contributed by atoms with Crippen molar-refractivity contribution in [3.8, 4) is 0 Å². The van der Waals surface area contributed by atoms with Crippen LogP contribution in [0.2, 0.25) is 0 Å². The molecule has 0 aromatic heterocycles. The number of carbonyl (C=O) groups excluding carboxylic acids is 2. The second-order valence-electron chi connectivity index (χ2n) is 5.36. The Bertz CT molecular complexity index is 676. The Hall–Kier alpha value is -2.43. The van der Waals surface area contributed by atoms with Crippen LogP contribution >= 0.6 is 0 Å².